The molecule has 4 heteroatoms. The van der Waals surface area contributed by atoms with Crippen LogP contribution in [0.2, 0.25) is 5.02 Å². The molecule has 3 nitrogen and oxygen atoms in total. The van der Waals surface area contributed by atoms with E-state index in [-0.39, 0.29) is 0 Å². The van der Waals surface area contributed by atoms with Crippen molar-refractivity contribution in [2.24, 2.45) is 0 Å². The first-order valence-electron chi connectivity index (χ1n) is 5.77. The third-order valence-electron chi connectivity index (χ3n) is 2.91. The molecule has 1 atom stereocenters. The first kappa shape index (κ1) is 11.0. The summed E-state index contributed by atoms with van der Waals surface area (Å²) in [5.41, 5.74) is 1.18. The van der Waals surface area contributed by atoms with Crippen LogP contribution in [0.3, 0.4) is 0 Å². The minimum absolute atomic E-state index is 0.403. The lowest BCUT2D eigenvalue weighted by atomic mass is 10.0. The van der Waals surface area contributed by atoms with Crippen LogP contribution < -0.4 is 5.32 Å². The molecule has 0 amide bonds. The van der Waals surface area contributed by atoms with E-state index in [9.17, 15) is 0 Å². The average molecular weight is 228 g/mol. The summed E-state index contributed by atoms with van der Waals surface area (Å²) in [4.78, 5) is 0. The fourth-order valence-electron chi connectivity index (χ4n) is 2.19. The van der Waals surface area contributed by atoms with Gasteiger partial charge in [-0.2, -0.15) is 5.10 Å². The molecule has 0 aliphatic carbocycles. The molecule has 0 radical (unpaired) electrons. The van der Waals surface area contributed by atoms with E-state index in [1.807, 2.05) is 4.68 Å². The normalized spacial score (nSPS) is 21.9. The topological polar surface area (TPSA) is 29.9 Å². The number of nitrogens with one attached hydrogen (secondary N) is 1. The smallest absolute Gasteiger partial charge is 0.0834 e. The molecule has 0 aromatic carbocycles. The highest BCUT2D eigenvalue weighted by Gasteiger charge is 2.21. The Bertz CT molecular complexity index is 316. The van der Waals surface area contributed by atoms with Gasteiger partial charge in [-0.15, -0.1) is 0 Å². The third-order valence-corrected chi connectivity index (χ3v) is 3.20. The van der Waals surface area contributed by atoms with Gasteiger partial charge in [0, 0.05) is 6.54 Å². The second kappa shape index (κ2) is 4.99. The van der Waals surface area contributed by atoms with Crippen molar-refractivity contribution in [3.63, 3.8) is 0 Å². The van der Waals surface area contributed by atoms with E-state index in [2.05, 4.69) is 17.3 Å². The van der Waals surface area contributed by atoms with E-state index >= 15 is 0 Å². The number of aryl methyl sites for hydroxylation is 1. The predicted octanol–water partition coefficient (Wildman–Crippen LogP) is 2.76. The van der Waals surface area contributed by atoms with Gasteiger partial charge in [-0.3, -0.25) is 4.68 Å². The number of nitrogens with zero attached hydrogens (tertiary/aromatic N) is 2. The Kier molecular flexibility index (Phi) is 3.65. The maximum absolute atomic E-state index is 6.19. The van der Waals surface area contributed by atoms with Gasteiger partial charge in [0.2, 0.25) is 0 Å². The molecule has 1 N–H and O–H groups in total. The summed E-state index contributed by atoms with van der Waals surface area (Å²) in [6, 6.07) is 0.403. The number of halogens is 1. The van der Waals surface area contributed by atoms with Crippen molar-refractivity contribution in [2.75, 3.05) is 6.54 Å². The van der Waals surface area contributed by atoms with E-state index in [0.29, 0.717) is 6.04 Å². The van der Waals surface area contributed by atoms with Gasteiger partial charge in [-0.25, -0.2) is 0 Å². The molecule has 2 heterocycles. The average Bonchev–Trinajstić information content (AvgIpc) is 2.62. The fraction of sp³-hybridized carbons (Fsp3) is 0.727. The van der Waals surface area contributed by atoms with Gasteiger partial charge < -0.3 is 5.32 Å². The van der Waals surface area contributed by atoms with Crippen molar-refractivity contribution >= 4 is 11.6 Å². The standard InChI is InChI=1S/C11H18ClN3/c1-2-7-15-11(9(12)8-14-15)10-5-3-4-6-13-10/h8,10,13H,2-7H2,1H3. The Hall–Kier alpha value is -0.540. The van der Waals surface area contributed by atoms with Crippen LogP contribution in [-0.2, 0) is 6.54 Å². The Morgan fingerprint density at radius 2 is 2.47 bits per heavy atom. The zero-order chi connectivity index (χ0) is 10.7. The molecule has 84 valence electrons. The zero-order valence-electron chi connectivity index (χ0n) is 9.17. The van der Waals surface area contributed by atoms with Crippen LogP contribution in [0, 0.1) is 0 Å². The maximum atomic E-state index is 6.19. The first-order valence-corrected chi connectivity index (χ1v) is 6.15. The molecule has 0 spiro atoms. The minimum Gasteiger partial charge on any atom is -0.309 e. The van der Waals surface area contributed by atoms with Crippen LogP contribution in [0.5, 0.6) is 0 Å². The van der Waals surface area contributed by atoms with Crippen molar-refractivity contribution in [2.45, 2.75) is 45.2 Å². The van der Waals surface area contributed by atoms with Crippen molar-refractivity contribution in [3.05, 3.63) is 16.9 Å². The molecule has 1 unspecified atom stereocenters. The Labute approximate surface area is 95.8 Å². The molecule has 15 heavy (non-hydrogen) atoms. The highest BCUT2D eigenvalue weighted by Crippen LogP contribution is 2.28. The van der Waals surface area contributed by atoms with Crippen LogP contribution in [0.15, 0.2) is 6.20 Å². The summed E-state index contributed by atoms with van der Waals surface area (Å²) < 4.78 is 2.05. The minimum atomic E-state index is 0.403. The van der Waals surface area contributed by atoms with Crippen molar-refractivity contribution < 1.29 is 0 Å². The number of rotatable bonds is 3. The van der Waals surface area contributed by atoms with Crippen LogP contribution in [0.4, 0.5) is 0 Å². The molecule has 1 fully saturated rings. The van der Waals surface area contributed by atoms with E-state index < -0.39 is 0 Å². The van der Waals surface area contributed by atoms with Crippen LogP contribution in [-0.4, -0.2) is 16.3 Å². The number of piperidine rings is 1. The van der Waals surface area contributed by atoms with E-state index in [4.69, 9.17) is 11.6 Å². The highest BCUT2D eigenvalue weighted by molar-refractivity contribution is 6.31. The van der Waals surface area contributed by atoms with Crippen molar-refractivity contribution in [1.82, 2.24) is 15.1 Å². The summed E-state index contributed by atoms with van der Waals surface area (Å²) >= 11 is 6.19. The molecule has 1 saturated heterocycles. The van der Waals surface area contributed by atoms with E-state index in [1.54, 1.807) is 6.20 Å². The lowest BCUT2D eigenvalue weighted by Crippen LogP contribution is -2.29. The van der Waals surface area contributed by atoms with Gasteiger partial charge in [0.1, 0.15) is 0 Å². The molecular formula is C11H18ClN3. The molecule has 1 aromatic rings. The molecular weight excluding hydrogens is 210 g/mol. The van der Waals surface area contributed by atoms with Crippen molar-refractivity contribution in [3.8, 4) is 0 Å². The molecule has 0 bridgehead atoms. The zero-order valence-corrected chi connectivity index (χ0v) is 9.93. The molecule has 1 aromatic heterocycles. The lowest BCUT2D eigenvalue weighted by molar-refractivity contribution is 0.385. The highest BCUT2D eigenvalue weighted by atomic mass is 35.5. The van der Waals surface area contributed by atoms with E-state index in [1.165, 1.54) is 25.0 Å². The van der Waals surface area contributed by atoms with Gasteiger partial charge in [-0.1, -0.05) is 24.9 Å². The quantitative estimate of drug-likeness (QED) is 0.861. The van der Waals surface area contributed by atoms with E-state index in [0.717, 1.165) is 24.5 Å². The fourth-order valence-corrected chi connectivity index (χ4v) is 2.47. The van der Waals surface area contributed by atoms with Gasteiger partial charge in [0.05, 0.1) is 23.0 Å². The second-order valence-electron chi connectivity index (χ2n) is 4.10. The third kappa shape index (κ3) is 2.34. The van der Waals surface area contributed by atoms with Gasteiger partial charge in [0.15, 0.2) is 0 Å². The predicted molar refractivity (Wildman–Crippen MR) is 62.1 cm³/mol. The molecule has 1 aliphatic heterocycles. The number of hydrogen-bond donors (Lipinski definition) is 1. The summed E-state index contributed by atoms with van der Waals surface area (Å²) in [6.45, 7) is 4.21. The Balaban J connectivity index is 2.19. The Morgan fingerprint density at radius 3 is 3.13 bits per heavy atom. The summed E-state index contributed by atoms with van der Waals surface area (Å²) in [5, 5.41) is 8.65. The second-order valence-corrected chi connectivity index (χ2v) is 4.51. The Morgan fingerprint density at radius 1 is 1.60 bits per heavy atom. The lowest BCUT2D eigenvalue weighted by Gasteiger charge is -2.24. The SMILES string of the molecule is CCCn1ncc(Cl)c1C1CCCCN1. The molecule has 0 saturated carbocycles. The summed E-state index contributed by atoms with van der Waals surface area (Å²) in [6.07, 6.45) is 6.59. The maximum Gasteiger partial charge on any atom is 0.0834 e. The van der Waals surface area contributed by atoms with Crippen molar-refractivity contribution in [1.29, 1.82) is 0 Å². The summed E-state index contributed by atoms with van der Waals surface area (Å²) in [5.74, 6) is 0. The first-order chi connectivity index (χ1) is 7.33. The van der Waals surface area contributed by atoms with Gasteiger partial charge in [-0.05, 0) is 25.8 Å². The molecule has 1 aliphatic rings. The van der Waals surface area contributed by atoms with Crippen LogP contribution >= 0.6 is 11.6 Å². The monoisotopic (exact) mass is 227 g/mol. The van der Waals surface area contributed by atoms with Crippen LogP contribution in [0.1, 0.15) is 44.3 Å². The van der Waals surface area contributed by atoms with Gasteiger partial charge in [0.25, 0.3) is 0 Å². The number of aromatic nitrogens is 2. The summed E-state index contributed by atoms with van der Waals surface area (Å²) in [7, 11) is 0. The molecule has 2 rings (SSSR count). The largest absolute Gasteiger partial charge is 0.309 e. The van der Waals surface area contributed by atoms with Gasteiger partial charge >= 0.3 is 0 Å². The number of hydrogen-bond acceptors (Lipinski definition) is 2. The van der Waals surface area contributed by atoms with Crippen LogP contribution in [0.25, 0.3) is 0 Å².